The van der Waals surface area contributed by atoms with Gasteiger partial charge in [0, 0.05) is 11.1 Å². The smallest absolute Gasteiger partial charge is 0.193 e. The Bertz CT molecular complexity index is 632. The van der Waals surface area contributed by atoms with Crippen LogP contribution in [0.5, 0.6) is 0 Å². The van der Waals surface area contributed by atoms with Crippen LogP contribution in [0, 0.1) is 0 Å². The fourth-order valence-electron chi connectivity index (χ4n) is 2.12. The molecule has 0 aliphatic carbocycles. The molecule has 6 heteroatoms. The first-order valence-electron chi connectivity index (χ1n) is 6.53. The lowest BCUT2D eigenvalue weighted by Gasteiger charge is -2.38. The van der Waals surface area contributed by atoms with Crippen molar-refractivity contribution in [3.63, 3.8) is 0 Å². The van der Waals surface area contributed by atoms with E-state index in [1.54, 1.807) is 11.8 Å². The summed E-state index contributed by atoms with van der Waals surface area (Å²) in [6, 6.07) is 7.77. The Kier molecular flexibility index (Phi) is 3.52. The lowest BCUT2D eigenvalue weighted by Crippen LogP contribution is -2.44. The molecule has 1 aromatic carbocycles. The van der Waals surface area contributed by atoms with Gasteiger partial charge in [0.25, 0.3) is 0 Å². The second-order valence-corrected chi connectivity index (χ2v) is 7.16. The zero-order valence-electron chi connectivity index (χ0n) is 11.8. The third-order valence-electron chi connectivity index (χ3n) is 3.44. The van der Waals surface area contributed by atoms with Gasteiger partial charge in [-0.25, -0.2) is 0 Å². The van der Waals surface area contributed by atoms with Gasteiger partial charge in [0.1, 0.15) is 0 Å². The van der Waals surface area contributed by atoms with Crippen molar-refractivity contribution in [2.75, 3.05) is 5.88 Å². The molecular formula is C14H17ClN4S. The van der Waals surface area contributed by atoms with E-state index in [-0.39, 0.29) is 5.54 Å². The van der Waals surface area contributed by atoms with Crippen LogP contribution >= 0.6 is 23.4 Å². The van der Waals surface area contributed by atoms with E-state index in [1.807, 2.05) is 24.3 Å². The first-order chi connectivity index (χ1) is 9.47. The second kappa shape index (κ2) is 5.06. The molecule has 0 saturated carbocycles. The SMILES string of the molecule is CC(C)(C)N1CSc2nnc(-c3ccccc3Cl)n2C1. The van der Waals surface area contributed by atoms with Crippen LogP contribution in [0.1, 0.15) is 20.8 Å². The molecular weight excluding hydrogens is 292 g/mol. The monoisotopic (exact) mass is 308 g/mol. The summed E-state index contributed by atoms with van der Waals surface area (Å²) in [6.07, 6.45) is 0. The van der Waals surface area contributed by atoms with Crippen LogP contribution in [-0.2, 0) is 6.67 Å². The summed E-state index contributed by atoms with van der Waals surface area (Å²) in [6.45, 7) is 7.45. The average Bonchev–Trinajstić information content (AvgIpc) is 2.81. The molecule has 0 bridgehead atoms. The van der Waals surface area contributed by atoms with E-state index >= 15 is 0 Å². The van der Waals surface area contributed by atoms with E-state index < -0.39 is 0 Å². The fraction of sp³-hybridized carbons (Fsp3) is 0.429. The van der Waals surface area contributed by atoms with Crippen LogP contribution in [0.15, 0.2) is 29.4 Å². The fourth-order valence-corrected chi connectivity index (χ4v) is 3.48. The Morgan fingerprint density at radius 2 is 1.95 bits per heavy atom. The number of hydrogen-bond acceptors (Lipinski definition) is 4. The summed E-state index contributed by atoms with van der Waals surface area (Å²) in [5.74, 6) is 1.77. The van der Waals surface area contributed by atoms with Crippen molar-refractivity contribution < 1.29 is 0 Å². The summed E-state index contributed by atoms with van der Waals surface area (Å²) in [4.78, 5) is 2.40. The van der Waals surface area contributed by atoms with Gasteiger partial charge >= 0.3 is 0 Å². The average molecular weight is 309 g/mol. The van der Waals surface area contributed by atoms with Gasteiger partial charge in [-0.2, -0.15) is 0 Å². The van der Waals surface area contributed by atoms with Crippen molar-refractivity contribution >= 4 is 23.4 Å². The van der Waals surface area contributed by atoms with Gasteiger partial charge in [0.15, 0.2) is 11.0 Å². The molecule has 0 N–H and O–H groups in total. The van der Waals surface area contributed by atoms with E-state index in [4.69, 9.17) is 11.6 Å². The first kappa shape index (κ1) is 13.9. The highest BCUT2D eigenvalue weighted by Gasteiger charge is 2.29. The van der Waals surface area contributed by atoms with Crippen LogP contribution in [0.3, 0.4) is 0 Å². The molecule has 3 rings (SSSR count). The number of halogens is 1. The van der Waals surface area contributed by atoms with Gasteiger partial charge in [-0.05, 0) is 32.9 Å². The van der Waals surface area contributed by atoms with Crippen LogP contribution in [0.4, 0.5) is 0 Å². The van der Waals surface area contributed by atoms with Gasteiger partial charge in [-0.1, -0.05) is 35.5 Å². The topological polar surface area (TPSA) is 34.0 Å². The van der Waals surface area contributed by atoms with Crippen molar-refractivity contribution in [2.24, 2.45) is 0 Å². The Balaban J connectivity index is 2.02. The number of rotatable bonds is 1. The molecule has 0 unspecified atom stereocenters. The number of fused-ring (bicyclic) bond motifs is 1. The van der Waals surface area contributed by atoms with Crippen LogP contribution < -0.4 is 0 Å². The van der Waals surface area contributed by atoms with Crippen molar-refractivity contribution in [3.8, 4) is 11.4 Å². The maximum Gasteiger partial charge on any atom is 0.193 e. The van der Waals surface area contributed by atoms with E-state index in [2.05, 4.69) is 40.4 Å². The standard InChI is InChI=1S/C14H17ClN4S/c1-14(2,3)18-8-19-12(16-17-13(19)20-9-18)10-6-4-5-7-11(10)15/h4-7H,8-9H2,1-3H3. The zero-order valence-corrected chi connectivity index (χ0v) is 13.4. The molecule has 0 spiro atoms. The Morgan fingerprint density at radius 3 is 2.65 bits per heavy atom. The molecule has 2 aromatic rings. The Morgan fingerprint density at radius 1 is 1.20 bits per heavy atom. The number of thioether (sulfide) groups is 1. The summed E-state index contributed by atoms with van der Waals surface area (Å²) in [5.41, 5.74) is 1.05. The van der Waals surface area contributed by atoms with Gasteiger partial charge in [-0.15, -0.1) is 10.2 Å². The van der Waals surface area contributed by atoms with Crippen molar-refractivity contribution in [1.82, 2.24) is 19.7 Å². The molecule has 106 valence electrons. The Labute approximate surface area is 128 Å². The largest absolute Gasteiger partial charge is 0.288 e. The molecule has 0 radical (unpaired) electrons. The van der Waals surface area contributed by atoms with Gasteiger partial charge in [-0.3, -0.25) is 9.47 Å². The minimum Gasteiger partial charge on any atom is -0.288 e. The minimum atomic E-state index is 0.118. The van der Waals surface area contributed by atoms with Crippen molar-refractivity contribution in [3.05, 3.63) is 29.3 Å². The highest BCUT2D eigenvalue weighted by atomic mass is 35.5. The van der Waals surface area contributed by atoms with Crippen molar-refractivity contribution in [2.45, 2.75) is 38.1 Å². The molecule has 1 aliphatic heterocycles. The molecule has 1 aromatic heterocycles. The van der Waals surface area contributed by atoms with Gasteiger partial charge in [0.05, 0.1) is 17.6 Å². The lowest BCUT2D eigenvalue weighted by atomic mass is 10.1. The van der Waals surface area contributed by atoms with Gasteiger partial charge in [0.2, 0.25) is 0 Å². The number of benzene rings is 1. The number of hydrogen-bond donors (Lipinski definition) is 0. The molecule has 0 atom stereocenters. The quantitative estimate of drug-likeness (QED) is 0.804. The second-order valence-electron chi connectivity index (χ2n) is 5.84. The zero-order chi connectivity index (χ0) is 14.3. The molecule has 1 aliphatic rings. The maximum atomic E-state index is 6.28. The summed E-state index contributed by atoms with van der Waals surface area (Å²) in [7, 11) is 0. The molecule has 20 heavy (non-hydrogen) atoms. The first-order valence-corrected chi connectivity index (χ1v) is 7.89. The minimum absolute atomic E-state index is 0.118. The van der Waals surface area contributed by atoms with E-state index in [1.165, 1.54) is 0 Å². The normalized spacial score (nSPS) is 16.2. The van der Waals surface area contributed by atoms with E-state index in [0.29, 0.717) is 5.02 Å². The number of nitrogens with zero attached hydrogens (tertiary/aromatic N) is 4. The van der Waals surface area contributed by atoms with Crippen LogP contribution in [0.25, 0.3) is 11.4 Å². The molecule has 4 nitrogen and oxygen atoms in total. The van der Waals surface area contributed by atoms with Crippen LogP contribution in [-0.4, -0.2) is 31.1 Å². The molecule has 2 heterocycles. The van der Waals surface area contributed by atoms with E-state index in [0.717, 1.165) is 29.1 Å². The third kappa shape index (κ3) is 2.45. The maximum absolute atomic E-state index is 6.28. The van der Waals surface area contributed by atoms with Crippen LogP contribution in [0.2, 0.25) is 5.02 Å². The molecule has 0 saturated heterocycles. The summed E-state index contributed by atoms with van der Waals surface area (Å²) in [5, 5.41) is 10.3. The Hall–Kier alpha value is -1.04. The highest BCUT2D eigenvalue weighted by molar-refractivity contribution is 7.99. The highest BCUT2D eigenvalue weighted by Crippen LogP contribution is 2.34. The third-order valence-corrected chi connectivity index (χ3v) is 4.77. The van der Waals surface area contributed by atoms with Crippen molar-refractivity contribution in [1.29, 1.82) is 0 Å². The van der Waals surface area contributed by atoms with E-state index in [9.17, 15) is 0 Å². The predicted molar refractivity (Wildman–Crippen MR) is 82.8 cm³/mol. The molecule has 0 fully saturated rings. The number of aromatic nitrogens is 3. The molecule has 0 amide bonds. The predicted octanol–water partition coefficient (Wildman–Crippen LogP) is 3.72. The lowest BCUT2D eigenvalue weighted by molar-refractivity contribution is 0.115. The van der Waals surface area contributed by atoms with Gasteiger partial charge < -0.3 is 0 Å². The summed E-state index contributed by atoms with van der Waals surface area (Å²) >= 11 is 8.00. The summed E-state index contributed by atoms with van der Waals surface area (Å²) < 4.78 is 2.14.